The van der Waals surface area contributed by atoms with E-state index >= 15 is 0 Å². The maximum atomic E-state index is 12.9. The molecule has 1 heterocycles. The third-order valence-electron chi connectivity index (χ3n) is 5.13. The number of imidazole rings is 1. The molecule has 0 saturated carbocycles. The van der Waals surface area contributed by atoms with Crippen molar-refractivity contribution in [2.24, 2.45) is 13.0 Å². The molecule has 32 heavy (non-hydrogen) atoms. The normalized spacial score (nSPS) is 12.6. The number of rotatable bonds is 8. The molecule has 0 spiro atoms. The van der Waals surface area contributed by atoms with Crippen LogP contribution < -0.4 is 5.69 Å². The average molecular weight is 481 g/mol. The molecule has 0 aliphatic carbocycles. The van der Waals surface area contributed by atoms with Crippen LogP contribution >= 0.6 is 11.6 Å². The first-order valence-electron chi connectivity index (χ1n) is 9.45. The van der Waals surface area contributed by atoms with Gasteiger partial charge in [-0.3, -0.25) is 13.9 Å². The molecule has 3 rings (SSSR count). The van der Waals surface area contributed by atoms with Gasteiger partial charge in [0.2, 0.25) is 5.88 Å². The second kappa shape index (κ2) is 9.19. The highest BCUT2D eigenvalue weighted by molar-refractivity contribution is 7.91. The Balaban J connectivity index is 1.86. The zero-order valence-electron chi connectivity index (χ0n) is 17.0. The summed E-state index contributed by atoms with van der Waals surface area (Å²) >= 11 is 5.88. The van der Waals surface area contributed by atoms with Crippen molar-refractivity contribution in [3.63, 3.8) is 0 Å². The number of aliphatic hydroxyl groups is 1. The minimum Gasteiger partial charge on any atom is -0.493 e. The molecule has 0 bridgehead atoms. The lowest BCUT2D eigenvalue weighted by molar-refractivity contribution is -0.141. The Bertz CT molecular complexity index is 1290. The number of sulfone groups is 1. The molecule has 3 aromatic rings. The van der Waals surface area contributed by atoms with Gasteiger partial charge in [0, 0.05) is 18.6 Å². The second-order valence-electron chi connectivity index (χ2n) is 7.23. The van der Waals surface area contributed by atoms with Crippen LogP contribution in [0.2, 0.25) is 5.02 Å². The molecule has 0 radical (unpaired) electrons. The highest BCUT2D eigenvalue weighted by atomic mass is 35.5. The summed E-state index contributed by atoms with van der Waals surface area (Å²) in [6.45, 7) is -1.24. The lowest BCUT2D eigenvalue weighted by Gasteiger charge is -2.15. The molecule has 0 aliphatic heterocycles. The summed E-state index contributed by atoms with van der Waals surface area (Å²) in [7, 11) is -2.76. The van der Waals surface area contributed by atoms with Crippen molar-refractivity contribution in [3.05, 3.63) is 69.7 Å². The van der Waals surface area contributed by atoms with E-state index in [1.165, 1.54) is 19.2 Å². The molecule has 1 atom stereocenters. The number of hydrogen-bond donors (Lipinski definition) is 3. The van der Waals surface area contributed by atoms with E-state index in [0.717, 1.165) is 20.3 Å². The van der Waals surface area contributed by atoms with Crippen molar-refractivity contribution < 1.29 is 28.5 Å². The highest BCUT2D eigenvalue weighted by Crippen LogP contribution is 2.25. The molecule has 170 valence electrons. The standard InChI is InChI=1S/C21H21ClN2O7S/c1-23-19(26)18(11-25)24(21(23)29)10-15(20(27)28)12-32(30,31)17-8-4-14(5-9-17)13-2-6-16(22)7-3-13/h2-9,15,25-26H,10-12H2,1H3,(H,27,28). The molecular weight excluding hydrogens is 460 g/mol. The van der Waals surface area contributed by atoms with E-state index in [9.17, 15) is 33.3 Å². The van der Waals surface area contributed by atoms with Gasteiger partial charge < -0.3 is 15.3 Å². The van der Waals surface area contributed by atoms with E-state index in [0.29, 0.717) is 5.02 Å². The van der Waals surface area contributed by atoms with Gasteiger partial charge in [-0.25, -0.2) is 13.2 Å². The van der Waals surface area contributed by atoms with Crippen molar-refractivity contribution in [2.75, 3.05) is 5.75 Å². The molecule has 0 fully saturated rings. The topological polar surface area (TPSA) is 139 Å². The number of carbonyl (C=O) groups is 1. The number of carboxylic acid groups (broad SMARTS) is 1. The van der Waals surface area contributed by atoms with Crippen LogP contribution in [0.1, 0.15) is 5.69 Å². The first-order chi connectivity index (χ1) is 15.0. The Morgan fingerprint density at radius 2 is 1.59 bits per heavy atom. The number of carboxylic acids is 1. The number of hydrogen-bond acceptors (Lipinski definition) is 6. The van der Waals surface area contributed by atoms with E-state index in [2.05, 4.69) is 0 Å². The van der Waals surface area contributed by atoms with Crippen LogP contribution in [-0.2, 0) is 34.8 Å². The van der Waals surface area contributed by atoms with Gasteiger partial charge in [-0.05, 0) is 35.4 Å². The summed E-state index contributed by atoms with van der Waals surface area (Å²) in [5.41, 5.74) is 0.645. The van der Waals surface area contributed by atoms with Crippen LogP contribution in [0.25, 0.3) is 11.1 Å². The third kappa shape index (κ3) is 4.72. The number of aromatic nitrogens is 2. The number of nitrogens with zero attached hydrogens (tertiary/aromatic N) is 2. The fraction of sp³-hybridized carbons (Fsp3) is 0.238. The fourth-order valence-corrected chi connectivity index (χ4v) is 4.97. The van der Waals surface area contributed by atoms with Crippen LogP contribution in [0.4, 0.5) is 0 Å². The van der Waals surface area contributed by atoms with Gasteiger partial charge in [-0.1, -0.05) is 35.9 Å². The van der Waals surface area contributed by atoms with Crippen LogP contribution in [0.15, 0.2) is 58.2 Å². The molecular formula is C21H21ClN2O7S. The van der Waals surface area contributed by atoms with Gasteiger partial charge in [-0.15, -0.1) is 0 Å². The average Bonchev–Trinajstić information content (AvgIpc) is 2.96. The SMILES string of the molecule is Cn1c(O)c(CO)n(CC(CS(=O)(=O)c2ccc(-c3ccc(Cl)cc3)cc2)C(=O)O)c1=O. The second-order valence-corrected chi connectivity index (χ2v) is 9.70. The molecule has 3 N–H and O–H groups in total. The van der Waals surface area contributed by atoms with Crippen molar-refractivity contribution >= 4 is 27.4 Å². The Morgan fingerprint density at radius 3 is 2.09 bits per heavy atom. The number of halogens is 1. The van der Waals surface area contributed by atoms with Crippen LogP contribution in [0.5, 0.6) is 5.88 Å². The number of benzene rings is 2. The van der Waals surface area contributed by atoms with E-state index in [4.69, 9.17) is 11.6 Å². The largest absolute Gasteiger partial charge is 0.493 e. The zero-order valence-corrected chi connectivity index (χ0v) is 18.5. The molecule has 0 amide bonds. The molecule has 1 aromatic heterocycles. The van der Waals surface area contributed by atoms with Crippen LogP contribution in [0, 0.1) is 5.92 Å². The Hall–Kier alpha value is -3.08. The Labute approximate surface area is 188 Å². The molecule has 11 heteroatoms. The smallest absolute Gasteiger partial charge is 0.331 e. The minimum atomic E-state index is -4.02. The van der Waals surface area contributed by atoms with E-state index in [1.807, 2.05) is 0 Å². The van der Waals surface area contributed by atoms with Crippen LogP contribution in [-0.4, -0.2) is 44.6 Å². The quantitative estimate of drug-likeness (QED) is 0.447. The van der Waals surface area contributed by atoms with E-state index < -0.39 is 52.2 Å². The molecule has 0 saturated heterocycles. The predicted molar refractivity (Wildman–Crippen MR) is 117 cm³/mol. The van der Waals surface area contributed by atoms with Crippen molar-refractivity contribution in [1.82, 2.24) is 9.13 Å². The lowest BCUT2D eigenvalue weighted by atomic mass is 10.1. The highest BCUT2D eigenvalue weighted by Gasteiger charge is 2.29. The molecule has 2 aromatic carbocycles. The Kier molecular flexibility index (Phi) is 6.77. The summed E-state index contributed by atoms with van der Waals surface area (Å²) in [4.78, 5) is 24.0. The van der Waals surface area contributed by atoms with E-state index in [-0.39, 0.29) is 10.6 Å². The molecule has 1 unspecified atom stereocenters. The first kappa shape index (κ1) is 23.6. The number of aromatic hydroxyl groups is 1. The minimum absolute atomic E-state index is 0.0629. The summed E-state index contributed by atoms with van der Waals surface area (Å²) in [5.74, 6) is -4.19. The van der Waals surface area contributed by atoms with Crippen molar-refractivity contribution in [2.45, 2.75) is 18.0 Å². The molecule has 0 aliphatic rings. The van der Waals surface area contributed by atoms with Gasteiger partial charge in [-0.2, -0.15) is 0 Å². The number of aliphatic hydroxyl groups excluding tert-OH is 1. The van der Waals surface area contributed by atoms with Gasteiger partial charge in [0.1, 0.15) is 5.69 Å². The summed E-state index contributed by atoms with van der Waals surface area (Å²) in [6, 6.07) is 13.0. The zero-order chi connectivity index (χ0) is 23.6. The summed E-state index contributed by atoms with van der Waals surface area (Å²) in [5, 5.41) is 29.5. The first-order valence-corrected chi connectivity index (χ1v) is 11.5. The Morgan fingerprint density at radius 1 is 1.06 bits per heavy atom. The predicted octanol–water partition coefficient (Wildman–Crippen LogP) is 1.88. The maximum absolute atomic E-state index is 12.9. The van der Waals surface area contributed by atoms with Gasteiger partial charge in [0.15, 0.2) is 9.84 Å². The van der Waals surface area contributed by atoms with Crippen LogP contribution in [0.3, 0.4) is 0 Å². The van der Waals surface area contributed by atoms with Gasteiger partial charge >= 0.3 is 11.7 Å². The fourth-order valence-electron chi connectivity index (χ4n) is 3.33. The van der Waals surface area contributed by atoms with Crippen molar-refractivity contribution in [3.8, 4) is 17.0 Å². The monoisotopic (exact) mass is 480 g/mol. The lowest BCUT2D eigenvalue weighted by Crippen LogP contribution is -2.33. The third-order valence-corrected chi connectivity index (χ3v) is 7.22. The maximum Gasteiger partial charge on any atom is 0.331 e. The van der Waals surface area contributed by atoms with Gasteiger partial charge in [0.25, 0.3) is 0 Å². The van der Waals surface area contributed by atoms with E-state index in [1.54, 1.807) is 36.4 Å². The van der Waals surface area contributed by atoms with Crippen molar-refractivity contribution in [1.29, 1.82) is 0 Å². The number of aliphatic carboxylic acids is 1. The molecule has 9 nitrogen and oxygen atoms in total. The van der Waals surface area contributed by atoms with Gasteiger partial charge in [0.05, 0.1) is 23.2 Å². The summed E-state index contributed by atoms with van der Waals surface area (Å²) < 4.78 is 27.4. The summed E-state index contributed by atoms with van der Waals surface area (Å²) in [6.07, 6.45) is 0.